The van der Waals surface area contributed by atoms with Crippen molar-refractivity contribution in [2.45, 2.75) is 161 Å². The van der Waals surface area contributed by atoms with E-state index in [9.17, 15) is 0 Å². The highest BCUT2D eigenvalue weighted by atomic mass is 35.5. The predicted octanol–water partition coefficient (Wildman–Crippen LogP) is 5.93. The highest BCUT2D eigenvalue weighted by Gasteiger charge is 2.25. The van der Waals surface area contributed by atoms with Crippen LogP contribution in [0.25, 0.3) is 0 Å². The molecule has 1 aliphatic rings. The molecule has 0 spiro atoms. The van der Waals surface area contributed by atoms with Gasteiger partial charge in [0.05, 0.1) is 6.10 Å². The third-order valence-electron chi connectivity index (χ3n) is 7.34. The van der Waals surface area contributed by atoms with Crippen LogP contribution < -0.4 is 17.0 Å². The van der Waals surface area contributed by atoms with E-state index in [1.807, 2.05) is 0 Å². The molecule has 2 rings (SSSR count). The van der Waals surface area contributed by atoms with Gasteiger partial charge in [0, 0.05) is 31.6 Å². The summed E-state index contributed by atoms with van der Waals surface area (Å²) in [5, 5.41) is 0. The van der Waals surface area contributed by atoms with Gasteiger partial charge in [-0.1, -0.05) is 109 Å². The lowest BCUT2D eigenvalue weighted by atomic mass is 10.0. The first-order valence-electron chi connectivity index (χ1n) is 15.1. The van der Waals surface area contributed by atoms with E-state index in [4.69, 9.17) is 9.47 Å². The number of rotatable bonds is 23. The van der Waals surface area contributed by atoms with Crippen molar-refractivity contribution in [2.75, 3.05) is 6.61 Å². The van der Waals surface area contributed by atoms with Crippen molar-refractivity contribution >= 4 is 0 Å². The number of unbranched alkanes of at least 4 members (excludes halogenated alkanes) is 16. The number of aromatic nitrogens is 1. The SMILES string of the molecule is CCCCCCCCCCCCCCCCC1CCC(OCCCCCC[n+]2ccccc2)O1.[Cl-]. The lowest BCUT2D eigenvalue weighted by molar-refractivity contribution is -0.697. The third kappa shape index (κ3) is 18.3. The van der Waals surface area contributed by atoms with Crippen molar-refractivity contribution < 1.29 is 26.4 Å². The summed E-state index contributed by atoms with van der Waals surface area (Å²) in [5.74, 6) is 0. The first-order valence-corrected chi connectivity index (χ1v) is 15.1. The Morgan fingerprint density at radius 3 is 1.83 bits per heavy atom. The molecule has 2 heterocycles. The monoisotopic (exact) mass is 509 g/mol. The van der Waals surface area contributed by atoms with Crippen molar-refractivity contribution in [1.29, 1.82) is 0 Å². The van der Waals surface area contributed by atoms with E-state index in [0.717, 1.165) is 26.0 Å². The summed E-state index contributed by atoms with van der Waals surface area (Å²) in [7, 11) is 0. The van der Waals surface area contributed by atoms with E-state index in [1.54, 1.807) is 0 Å². The molecular formula is C31H56ClNO2. The molecule has 0 bridgehead atoms. The predicted molar refractivity (Wildman–Crippen MR) is 144 cm³/mol. The molecule has 3 nitrogen and oxygen atoms in total. The van der Waals surface area contributed by atoms with Gasteiger partial charge >= 0.3 is 0 Å². The van der Waals surface area contributed by atoms with Crippen molar-refractivity contribution in [1.82, 2.24) is 0 Å². The molecule has 4 heteroatoms. The molecule has 1 saturated heterocycles. The summed E-state index contributed by atoms with van der Waals surface area (Å²) >= 11 is 0. The van der Waals surface area contributed by atoms with E-state index in [1.165, 1.54) is 122 Å². The molecule has 0 radical (unpaired) electrons. The van der Waals surface area contributed by atoms with Gasteiger partial charge < -0.3 is 21.9 Å². The van der Waals surface area contributed by atoms with Crippen LogP contribution in [0, 0.1) is 0 Å². The van der Waals surface area contributed by atoms with Crippen molar-refractivity contribution in [3.8, 4) is 0 Å². The van der Waals surface area contributed by atoms with Gasteiger partial charge in [0.1, 0.15) is 6.54 Å². The number of aryl methyl sites for hydroxylation is 1. The van der Waals surface area contributed by atoms with Gasteiger partial charge in [-0.15, -0.1) is 0 Å². The Morgan fingerprint density at radius 1 is 0.657 bits per heavy atom. The van der Waals surface area contributed by atoms with Gasteiger partial charge in [-0.2, -0.15) is 0 Å². The van der Waals surface area contributed by atoms with Crippen LogP contribution in [-0.2, 0) is 16.0 Å². The Morgan fingerprint density at radius 2 is 1.20 bits per heavy atom. The van der Waals surface area contributed by atoms with Crippen LogP contribution in [-0.4, -0.2) is 19.0 Å². The number of nitrogens with zero attached hydrogens (tertiary/aromatic N) is 1. The molecular weight excluding hydrogens is 454 g/mol. The van der Waals surface area contributed by atoms with E-state index >= 15 is 0 Å². The third-order valence-corrected chi connectivity index (χ3v) is 7.34. The zero-order valence-corrected chi connectivity index (χ0v) is 23.7. The van der Waals surface area contributed by atoms with Crippen molar-refractivity contribution in [2.24, 2.45) is 0 Å². The molecule has 1 fully saturated rings. The molecule has 2 atom stereocenters. The van der Waals surface area contributed by atoms with Crippen LogP contribution in [0.1, 0.15) is 142 Å². The average molecular weight is 510 g/mol. The fourth-order valence-corrected chi connectivity index (χ4v) is 5.12. The normalized spacial score (nSPS) is 17.5. The Hall–Kier alpha value is -0.640. The number of pyridine rings is 1. The minimum Gasteiger partial charge on any atom is -1.00 e. The Bertz CT molecular complexity index is 556. The standard InChI is InChI=1S/C31H56NO2.ClH/c1-2-3-4-5-6-7-8-9-10-11-12-13-14-18-23-30-24-25-31(34-30)33-29-22-16-15-19-26-32-27-20-17-21-28-32;/h17,20-21,27-28,30-31H,2-16,18-19,22-26,29H2,1H3;1H/q+1;/p-1. The molecule has 1 aliphatic heterocycles. The Balaban J connectivity index is 0.00000612. The van der Waals surface area contributed by atoms with Crippen molar-refractivity contribution in [3.63, 3.8) is 0 Å². The zero-order valence-electron chi connectivity index (χ0n) is 22.9. The minimum atomic E-state index is 0. The topological polar surface area (TPSA) is 22.3 Å². The lowest BCUT2D eigenvalue weighted by Gasteiger charge is -2.14. The largest absolute Gasteiger partial charge is 1.00 e. The second-order valence-electron chi connectivity index (χ2n) is 10.5. The zero-order chi connectivity index (χ0) is 23.9. The number of hydrogen-bond donors (Lipinski definition) is 0. The van der Waals surface area contributed by atoms with Gasteiger partial charge in [0.25, 0.3) is 0 Å². The summed E-state index contributed by atoms with van der Waals surface area (Å²) in [6.07, 6.45) is 33.2. The van der Waals surface area contributed by atoms with Crippen LogP contribution in [0.5, 0.6) is 0 Å². The first-order chi connectivity index (χ1) is 16.9. The summed E-state index contributed by atoms with van der Waals surface area (Å²) in [6, 6.07) is 6.27. The maximum Gasteiger partial charge on any atom is 0.168 e. The highest BCUT2D eigenvalue weighted by Crippen LogP contribution is 2.25. The average Bonchev–Trinajstić information content (AvgIpc) is 3.32. The van der Waals surface area contributed by atoms with Gasteiger partial charge in [-0.05, 0) is 25.7 Å². The van der Waals surface area contributed by atoms with Gasteiger partial charge in [0.2, 0.25) is 0 Å². The van der Waals surface area contributed by atoms with Gasteiger partial charge in [-0.3, -0.25) is 0 Å². The quantitative estimate of drug-likeness (QED) is 0.135. The number of halogens is 1. The molecule has 0 aliphatic carbocycles. The number of hydrogen-bond acceptors (Lipinski definition) is 2. The van der Waals surface area contributed by atoms with Crippen LogP contribution in [0.3, 0.4) is 0 Å². The molecule has 0 amide bonds. The fourth-order valence-electron chi connectivity index (χ4n) is 5.12. The minimum absolute atomic E-state index is 0. The van der Waals surface area contributed by atoms with Crippen LogP contribution in [0.4, 0.5) is 0 Å². The summed E-state index contributed by atoms with van der Waals surface area (Å²) in [4.78, 5) is 0. The molecule has 35 heavy (non-hydrogen) atoms. The van der Waals surface area contributed by atoms with E-state index in [0.29, 0.717) is 6.10 Å². The van der Waals surface area contributed by atoms with Crippen LogP contribution in [0.15, 0.2) is 30.6 Å². The van der Waals surface area contributed by atoms with E-state index in [2.05, 4.69) is 42.1 Å². The second-order valence-corrected chi connectivity index (χ2v) is 10.5. The lowest BCUT2D eigenvalue weighted by Crippen LogP contribution is -3.00. The van der Waals surface area contributed by atoms with Crippen LogP contribution >= 0.6 is 0 Å². The van der Waals surface area contributed by atoms with E-state index in [-0.39, 0.29) is 18.7 Å². The summed E-state index contributed by atoms with van der Waals surface area (Å²) in [5.41, 5.74) is 0. The Kier molecular flexibility index (Phi) is 22.0. The second kappa shape index (κ2) is 23.7. The fraction of sp³-hybridized carbons (Fsp3) is 0.839. The van der Waals surface area contributed by atoms with Crippen LogP contribution in [0.2, 0.25) is 0 Å². The summed E-state index contributed by atoms with van der Waals surface area (Å²) < 4.78 is 14.4. The highest BCUT2D eigenvalue weighted by molar-refractivity contribution is 4.83. The molecule has 0 aromatic carbocycles. The van der Waals surface area contributed by atoms with Gasteiger partial charge in [0.15, 0.2) is 18.7 Å². The molecule has 204 valence electrons. The van der Waals surface area contributed by atoms with Gasteiger partial charge in [-0.25, -0.2) is 4.57 Å². The van der Waals surface area contributed by atoms with E-state index < -0.39 is 0 Å². The smallest absolute Gasteiger partial charge is 0.168 e. The first kappa shape index (κ1) is 32.4. The molecule has 0 N–H and O–H groups in total. The Labute approximate surface area is 224 Å². The maximum atomic E-state index is 6.13. The molecule has 0 saturated carbocycles. The maximum absolute atomic E-state index is 6.13. The number of ether oxygens (including phenoxy) is 2. The molecule has 1 aromatic heterocycles. The summed E-state index contributed by atoms with van der Waals surface area (Å²) in [6.45, 7) is 4.27. The molecule has 1 aromatic rings. The molecule has 2 unspecified atom stereocenters. The van der Waals surface area contributed by atoms with Crippen molar-refractivity contribution in [3.05, 3.63) is 30.6 Å².